The Labute approximate surface area is 107 Å². The fourth-order valence-electron chi connectivity index (χ4n) is 1.62. The number of nitrogens with zero attached hydrogens (tertiary/aromatic N) is 1. The number of benzene rings is 1. The Bertz CT molecular complexity index is 456. The van der Waals surface area contributed by atoms with Gasteiger partial charge in [-0.05, 0) is 23.6 Å². The van der Waals surface area contributed by atoms with Crippen molar-refractivity contribution in [2.75, 3.05) is 12.0 Å². The van der Waals surface area contributed by atoms with Crippen LogP contribution in [0.5, 0.6) is 0 Å². The van der Waals surface area contributed by atoms with E-state index in [2.05, 4.69) is 22.5 Å². The van der Waals surface area contributed by atoms with Crippen molar-refractivity contribution in [2.24, 2.45) is 5.84 Å². The summed E-state index contributed by atoms with van der Waals surface area (Å²) in [6.45, 7) is 1.28. The lowest BCUT2D eigenvalue weighted by molar-refractivity contribution is 0.123. The van der Waals surface area contributed by atoms with Crippen molar-refractivity contribution in [2.45, 2.75) is 13.0 Å². The highest BCUT2D eigenvalue weighted by molar-refractivity contribution is 5.33. The molecular formula is C14H17N3O. The minimum Gasteiger partial charge on any atom is -0.376 e. The molecule has 0 amide bonds. The van der Waals surface area contributed by atoms with Gasteiger partial charge in [-0.15, -0.1) is 0 Å². The van der Waals surface area contributed by atoms with Gasteiger partial charge < -0.3 is 10.2 Å². The molecule has 1 aromatic carbocycles. The monoisotopic (exact) mass is 243 g/mol. The van der Waals surface area contributed by atoms with Crippen molar-refractivity contribution in [3.63, 3.8) is 0 Å². The van der Waals surface area contributed by atoms with Crippen LogP contribution in [0, 0.1) is 0 Å². The Morgan fingerprint density at radius 2 is 1.89 bits per heavy atom. The van der Waals surface area contributed by atoms with Gasteiger partial charge in [0, 0.05) is 6.20 Å². The molecule has 94 valence electrons. The molecule has 0 spiro atoms. The first kappa shape index (κ1) is 12.5. The van der Waals surface area contributed by atoms with Gasteiger partial charge in [-0.25, -0.2) is 10.8 Å². The standard InChI is InChI=1S/C14H17N3O/c15-17-14-7-6-13(10-16-14)11-18-9-8-12-4-2-1-3-5-12/h1-7,10H,8-9,11,15H2,(H,16,17). The molecule has 0 aliphatic rings. The summed E-state index contributed by atoms with van der Waals surface area (Å²) in [5.41, 5.74) is 4.82. The van der Waals surface area contributed by atoms with Gasteiger partial charge in [-0.3, -0.25) is 0 Å². The number of nitrogens with one attached hydrogen (secondary N) is 1. The largest absolute Gasteiger partial charge is 0.376 e. The van der Waals surface area contributed by atoms with Crippen LogP contribution in [0.4, 0.5) is 5.82 Å². The minimum absolute atomic E-state index is 0.574. The van der Waals surface area contributed by atoms with E-state index in [-0.39, 0.29) is 0 Å². The number of ether oxygens (including phenoxy) is 1. The Balaban J connectivity index is 1.72. The molecule has 4 nitrogen and oxygen atoms in total. The van der Waals surface area contributed by atoms with Crippen LogP contribution >= 0.6 is 0 Å². The fourth-order valence-corrected chi connectivity index (χ4v) is 1.62. The van der Waals surface area contributed by atoms with E-state index in [0.717, 1.165) is 12.0 Å². The van der Waals surface area contributed by atoms with Crippen LogP contribution in [0.15, 0.2) is 48.7 Å². The number of aromatic nitrogens is 1. The Kier molecular flexibility index (Phi) is 4.69. The van der Waals surface area contributed by atoms with Crippen LogP contribution < -0.4 is 11.3 Å². The first-order valence-corrected chi connectivity index (χ1v) is 5.91. The van der Waals surface area contributed by atoms with E-state index in [0.29, 0.717) is 19.0 Å². The van der Waals surface area contributed by atoms with Gasteiger partial charge in [0.05, 0.1) is 13.2 Å². The number of hydrogen-bond acceptors (Lipinski definition) is 4. The van der Waals surface area contributed by atoms with Gasteiger partial charge in [0.25, 0.3) is 0 Å². The van der Waals surface area contributed by atoms with E-state index >= 15 is 0 Å². The topological polar surface area (TPSA) is 60.2 Å². The SMILES string of the molecule is NNc1ccc(COCCc2ccccc2)cn1. The van der Waals surface area contributed by atoms with Gasteiger partial charge in [-0.1, -0.05) is 36.4 Å². The van der Waals surface area contributed by atoms with Crippen molar-refractivity contribution < 1.29 is 4.74 Å². The molecule has 3 N–H and O–H groups in total. The number of nitrogen functional groups attached to an aromatic ring is 1. The molecule has 0 radical (unpaired) electrons. The zero-order valence-corrected chi connectivity index (χ0v) is 10.2. The highest BCUT2D eigenvalue weighted by Gasteiger charge is 1.96. The minimum atomic E-state index is 0.574. The van der Waals surface area contributed by atoms with E-state index in [9.17, 15) is 0 Å². The summed E-state index contributed by atoms with van der Waals surface area (Å²) in [6.07, 6.45) is 2.69. The third-order valence-corrected chi connectivity index (χ3v) is 2.62. The van der Waals surface area contributed by atoms with Gasteiger partial charge in [0.15, 0.2) is 0 Å². The first-order chi connectivity index (χ1) is 8.88. The van der Waals surface area contributed by atoms with Crippen molar-refractivity contribution in [3.05, 3.63) is 59.8 Å². The zero-order valence-electron chi connectivity index (χ0n) is 10.2. The van der Waals surface area contributed by atoms with Crippen molar-refractivity contribution in [1.29, 1.82) is 0 Å². The average molecular weight is 243 g/mol. The van der Waals surface area contributed by atoms with Crippen molar-refractivity contribution >= 4 is 5.82 Å². The third-order valence-electron chi connectivity index (χ3n) is 2.62. The first-order valence-electron chi connectivity index (χ1n) is 5.91. The van der Waals surface area contributed by atoms with Crippen molar-refractivity contribution in [1.82, 2.24) is 4.98 Å². The molecule has 0 saturated heterocycles. The fraction of sp³-hybridized carbons (Fsp3) is 0.214. The lowest BCUT2D eigenvalue weighted by Crippen LogP contribution is -2.08. The van der Waals surface area contributed by atoms with Crippen LogP contribution in [0.3, 0.4) is 0 Å². The molecule has 2 aromatic rings. The Morgan fingerprint density at radius 1 is 1.06 bits per heavy atom. The molecule has 0 unspecified atom stereocenters. The summed E-state index contributed by atoms with van der Waals surface area (Å²) in [6, 6.07) is 14.1. The molecular weight excluding hydrogens is 226 g/mol. The summed E-state index contributed by atoms with van der Waals surface area (Å²) >= 11 is 0. The van der Waals surface area contributed by atoms with Gasteiger partial charge in [0.2, 0.25) is 0 Å². The summed E-state index contributed by atoms with van der Waals surface area (Å²) in [4.78, 5) is 4.12. The highest BCUT2D eigenvalue weighted by Crippen LogP contribution is 2.05. The molecule has 4 heteroatoms. The number of pyridine rings is 1. The van der Waals surface area contributed by atoms with Gasteiger partial charge in [-0.2, -0.15) is 0 Å². The predicted molar refractivity (Wildman–Crippen MR) is 71.8 cm³/mol. The molecule has 18 heavy (non-hydrogen) atoms. The van der Waals surface area contributed by atoms with E-state index in [4.69, 9.17) is 10.6 Å². The number of anilines is 1. The molecule has 2 rings (SSSR count). The number of hydrazine groups is 1. The lowest BCUT2D eigenvalue weighted by Gasteiger charge is -2.05. The molecule has 1 heterocycles. The molecule has 0 saturated carbocycles. The van der Waals surface area contributed by atoms with Gasteiger partial charge >= 0.3 is 0 Å². The normalized spacial score (nSPS) is 10.3. The molecule has 0 fully saturated rings. The Hall–Kier alpha value is -1.91. The van der Waals surface area contributed by atoms with Crippen LogP contribution in [-0.4, -0.2) is 11.6 Å². The highest BCUT2D eigenvalue weighted by atomic mass is 16.5. The number of rotatable bonds is 6. The maximum Gasteiger partial charge on any atom is 0.139 e. The molecule has 0 aliphatic heterocycles. The predicted octanol–water partition coefficient (Wildman–Crippen LogP) is 2.13. The summed E-state index contributed by atoms with van der Waals surface area (Å²) < 4.78 is 5.61. The molecule has 0 bridgehead atoms. The maximum absolute atomic E-state index is 5.61. The second-order valence-electron chi connectivity index (χ2n) is 3.98. The van der Waals surface area contributed by atoms with Crippen molar-refractivity contribution in [3.8, 4) is 0 Å². The molecule has 0 aliphatic carbocycles. The smallest absolute Gasteiger partial charge is 0.139 e. The summed E-state index contributed by atoms with van der Waals surface area (Å²) in [5.74, 6) is 5.90. The quantitative estimate of drug-likeness (QED) is 0.463. The van der Waals surface area contributed by atoms with Gasteiger partial charge in [0.1, 0.15) is 5.82 Å². The van der Waals surface area contributed by atoms with E-state index in [1.54, 1.807) is 6.20 Å². The Morgan fingerprint density at radius 3 is 2.56 bits per heavy atom. The number of nitrogens with two attached hydrogens (primary N) is 1. The van der Waals surface area contributed by atoms with E-state index in [1.165, 1.54) is 5.56 Å². The summed E-state index contributed by atoms with van der Waals surface area (Å²) in [7, 11) is 0. The second-order valence-corrected chi connectivity index (χ2v) is 3.98. The summed E-state index contributed by atoms with van der Waals surface area (Å²) in [5, 5.41) is 0. The van der Waals surface area contributed by atoms with E-state index < -0.39 is 0 Å². The molecule has 0 atom stereocenters. The van der Waals surface area contributed by atoms with Crippen LogP contribution in [0.25, 0.3) is 0 Å². The maximum atomic E-state index is 5.61. The average Bonchev–Trinajstić information content (AvgIpc) is 2.45. The van der Waals surface area contributed by atoms with Crippen LogP contribution in [-0.2, 0) is 17.8 Å². The number of hydrogen-bond donors (Lipinski definition) is 2. The van der Waals surface area contributed by atoms with Crippen LogP contribution in [0.1, 0.15) is 11.1 Å². The zero-order chi connectivity index (χ0) is 12.6. The second kappa shape index (κ2) is 6.74. The van der Waals surface area contributed by atoms with Crippen LogP contribution in [0.2, 0.25) is 0 Å². The third kappa shape index (κ3) is 3.84. The lowest BCUT2D eigenvalue weighted by atomic mass is 10.2. The van der Waals surface area contributed by atoms with E-state index in [1.807, 2.05) is 30.3 Å². The molecule has 1 aromatic heterocycles.